The number of hydrogen-bond donors (Lipinski definition) is 1. The molecule has 1 heterocycles. The fraction of sp³-hybridized carbons (Fsp3) is 0.778. The van der Waals surface area contributed by atoms with Crippen LogP contribution in [0.1, 0.15) is 19.7 Å². The molecule has 0 fully saturated rings. The molecule has 0 amide bonds. The predicted octanol–water partition coefficient (Wildman–Crippen LogP) is 2.01. The van der Waals surface area contributed by atoms with Gasteiger partial charge in [-0.25, -0.2) is 0 Å². The third kappa shape index (κ3) is 6.10. The van der Waals surface area contributed by atoms with E-state index in [1.807, 2.05) is 13.8 Å². The van der Waals surface area contributed by atoms with E-state index in [-0.39, 0.29) is 25.1 Å². The van der Waals surface area contributed by atoms with Crippen molar-refractivity contribution in [2.24, 2.45) is 0 Å². The first-order valence-corrected chi connectivity index (χ1v) is 5.10. The van der Waals surface area contributed by atoms with Gasteiger partial charge in [-0.05, 0) is 13.8 Å². The van der Waals surface area contributed by atoms with Gasteiger partial charge in [-0.1, -0.05) is 5.16 Å². The van der Waals surface area contributed by atoms with Crippen LogP contribution in [-0.4, -0.2) is 35.6 Å². The number of aromatic nitrogens is 2. The molecule has 1 aromatic rings. The van der Waals surface area contributed by atoms with E-state index in [0.29, 0.717) is 5.82 Å². The van der Waals surface area contributed by atoms with E-state index in [9.17, 15) is 13.2 Å². The molecule has 0 aromatic carbocycles. The summed E-state index contributed by atoms with van der Waals surface area (Å²) in [5, 5.41) is 6.47. The average Bonchev–Trinajstić information content (AvgIpc) is 2.58. The quantitative estimate of drug-likeness (QED) is 0.786. The van der Waals surface area contributed by atoms with Crippen LogP contribution in [0.15, 0.2) is 4.52 Å². The molecule has 0 unspecified atom stereocenters. The van der Waals surface area contributed by atoms with E-state index < -0.39 is 12.8 Å². The highest BCUT2D eigenvalue weighted by molar-refractivity contribution is 5.19. The summed E-state index contributed by atoms with van der Waals surface area (Å²) in [6, 6.07) is 0.399. The fourth-order valence-corrected chi connectivity index (χ4v) is 1.01. The van der Waals surface area contributed by atoms with Crippen molar-refractivity contribution in [3.63, 3.8) is 0 Å². The van der Waals surface area contributed by atoms with Gasteiger partial charge in [0.15, 0.2) is 5.82 Å². The van der Waals surface area contributed by atoms with E-state index in [1.54, 1.807) is 0 Å². The first kappa shape index (κ1) is 13.8. The van der Waals surface area contributed by atoms with Crippen LogP contribution >= 0.6 is 0 Å². The lowest BCUT2D eigenvalue weighted by Gasteiger charge is -2.05. The molecule has 1 rings (SSSR count). The van der Waals surface area contributed by atoms with Crippen molar-refractivity contribution in [1.29, 1.82) is 0 Å². The van der Waals surface area contributed by atoms with Crippen LogP contribution in [-0.2, 0) is 11.2 Å². The van der Waals surface area contributed by atoms with Crippen LogP contribution in [0.25, 0.3) is 0 Å². The SMILES string of the molecule is CC(C)Nc1nc(CCOCC(F)(F)F)no1. The monoisotopic (exact) mass is 253 g/mol. The van der Waals surface area contributed by atoms with Gasteiger partial charge >= 0.3 is 12.2 Å². The molecule has 0 atom stereocenters. The smallest absolute Gasteiger partial charge is 0.372 e. The Hall–Kier alpha value is -1.31. The molecule has 98 valence electrons. The summed E-state index contributed by atoms with van der Waals surface area (Å²) in [6.45, 7) is 2.44. The second kappa shape index (κ2) is 5.85. The molecule has 1 aromatic heterocycles. The minimum atomic E-state index is -4.30. The van der Waals surface area contributed by atoms with Gasteiger partial charge in [0, 0.05) is 12.5 Å². The Morgan fingerprint density at radius 2 is 2.12 bits per heavy atom. The Labute approximate surface area is 96.3 Å². The summed E-state index contributed by atoms with van der Waals surface area (Å²) in [5.41, 5.74) is 0. The van der Waals surface area contributed by atoms with Crippen molar-refractivity contribution in [2.45, 2.75) is 32.5 Å². The van der Waals surface area contributed by atoms with E-state index in [2.05, 4.69) is 20.2 Å². The molecule has 0 saturated heterocycles. The molecule has 0 spiro atoms. The Balaban J connectivity index is 2.25. The van der Waals surface area contributed by atoms with E-state index in [4.69, 9.17) is 4.52 Å². The van der Waals surface area contributed by atoms with E-state index in [0.717, 1.165) is 0 Å². The van der Waals surface area contributed by atoms with Gasteiger partial charge in [-0.2, -0.15) is 18.2 Å². The van der Waals surface area contributed by atoms with Crippen LogP contribution in [0, 0.1) is 0 Å². The molecule has 8 heteroatoms. The lowest BCUT2D eigenvalue weighted by atomic mass is 10.4. The number of halogens is 3. The van der Waals surface area contributed by atoms with Crippen molar-refractivity contribution < 1.29 is 22.4 Å². The molecule has 17 heavy (non-hydrogen) atoms. The number of nitrogens with one attached hydrogen (secondary N) is 1. The zero-order valence-electron chi connectivity index (χ0n) is 9.54. The number of anilines is 1. The summed E-state index contributed by atoms with van der Waals surface area (Å²) in [5.74, 6) is 0.315. The Morgan fingerprint density at radius 3 is 2.71 bits per heavy atom. The summed E-state index contributed by atoms with van der Waals surface area (Å²) in [4.78, 5) is 3.93. The Morgan fingerprint density at radius 1 is 1.41 bits per heavy atom. The van der Waals surface area contributed by atoms with Crippen molar-refractivity contribution >= 4 is 6.01 Å². The van der Waals surface area contributed by atoms with Crippen LogP contribution in [0.5, 0.6) is 0 Å². The van der Waals surface area contributed by atoms with Crippen LogP contribution in [0.3, 0.4) is 0 Å². The summed E-state index contributed by atoms with van der Waals surface area (Å²) < 4.78 is 44.5. The summed E-state index contributed by atoms with van der Waals surface area (Å²) in [7, 11) is 0. The van der Waals surface area contributed by atoms with Gasteiger partial charge in [-0.3, -0.25) is 0 Å². The zero-order valence-corrected chi connectivity index (χ0v) is 9.54. The van der Waals surface area contributed by atoms with Gasteiger partial charge in [0.25, 0.3) is 0 Å². The van der Waals surface area contributed by atoms with Crippen molar-refractivity contribution in [2.75, 3.05) is 18.5 Å². The van der Waals surface area contributed by atoms with Crippen molar-refractivity contribution in [1.82, 2.24) is 10.1 Å². The minimum Gasteiger partial charge on any atom is -0.372 e. The van der Waals surface area contributed by atoms with Crippen molar-refractivity contribution in [3.05, 3.63) is 5.82 Å². The second-order valence-corrected chi connectivity index (χ2v) is 3.73. The molecule has 0 aliphatic rings. The topological polar surface area (TPSA) is 60.2 Å². The standard InChI is InChI=1S/C9H14F3N3O2/c1-6(2)13-8-14-7(15-17-8)3-4-16-5-9(10,11)12/h6H,3-5H2,1-2H3,(H,13,14,15). The molecule has 0 aliphatic carbocycles. The first-order chi connectivity index (χ1) is 7.87. The van der Waals surface area contributed by atoms with Gasteiger partial charge in [0.2, 0.25) is 0 Å². The van der Waals surface area contributed by atoms with Gasteiger partial charge in [-0.15, -0.1) is 0 Å². The van der Waals surface area contributed by atoms with Crippen LogP contribution in [0.4, 0.5) is 19.2 Å². The van der Waals surface area contributed by atoms with Gasteiger partial charge in [0.05, 0.1) is 6.61 Å². The summed E-state index contributed by atoms with van der Waals surface area (Å²) in [6.07, 6.45) is -4.12. The van der Waals surface area contributed by atoms with Crippen LogP contribution in [0.2, 0.25) is 0 Å². The highest BCUT2D eigenvalue weighted by atomic mass is 19.4. The summed E-state index contributed by atoms with van der Waals surface area (Å²) >= 11 is 0. The number of alkyl halides is 3. The maximum atomic E-state index is 11.7. The normalized spacial score (nSPS) is 12.1. The van der Waals surface area contributed by atoms with Gasteiger partial charge in [0.1, 0.15) is 6.61 Å². The van der Waals surface area contributed by atoms with Crippen LogP contribution < -0.4 is 5.32 Å². The zero-order chi connectivity index (χ0) is 12.9. The maximum absolute atomic E-state index is 11.7. The lowest BCUT2D eigenvalue weighted by Crippen LogP contribution is -2.18. The largest absolute Gasteiger partial charge is 0.411 e. The Kier molecular flexibility index (Phi) is 4.73. The van der Waals surface area contributed by atoms with E-state index >= 15 is 0 Å². The highest BCUT2D eigenvalue weighted by Gasteiger charge is 2.27. The molecule has 0 bridgehead atoms. The van der Waals surface area contributed by atoms with E-state index in [1.165, 1.54) is 0 Å². The third-order valence-electron chi connectivity index (χ3n) is 1.62. The second-order valence-electron chi connectivity index (χ2n) is 3.73. The Bertz CT molecular complexity index is 338. The molecule has 0 radical (unpaired) electrons. The maximum Gasteiger partial charge on any atom is 0.411 e. The number of hydrogen-bond acceptors (Lipinski definition) is 5. The van der Waals surface area contributed by atoms with Crippen molar-refractivity contribution in [3.8, 4) is 0 Å². The molecular formula is C9H14F3N3O2. The molecule has 0 aliphatic heterocycles. The predicted molar refractivity (Wildman–Crippen MR) is 53.6 cm³/mol. The average molecular weight is 253 g/mol. The number of ether oxygens (including phenoxy) is 1. The number of nitrogens with zero attached hydrogens (tertiary/aromatic N) is 2. The number of rotatable bonds is 6. The molecular weight excluding hydrogens is 239 g/mol. The highest BCUT2D eigenvalue weighted by Crippen LogP contribution is 2.14. The molecule has 5 nitrogen and oxygen atoms in total. The van der Waals surface area contributed by atoms with Gasteiger partial charge < -0.3 is 14.6 Å². The first-order valence-electron chi connectivity index (χ1n) is 5.10. The lowest BCUT2D eigenvalue weighted by molar-refractivity contribution is -0.173. The fourth-order valence-electron chi connectivity index (χ4n) is 1.01. The third-order valence-corrected chi connectivity index (χ3v) is 1.62. The molecule has 1 N–H and O–H groups in total. The minimum absolute atomic E-state index is 0.0971. The molecule has 0 saturated carbocycles.